The van der Waals surface area contributed by atoms with Crippen molar-refractivity contribution >= 4 is 37.1 Å². The van der Waals surface area contributed by atoms with Crippen LogP contribution in [-0.4, -0.2) is 54.9 Å². The van der Waals surface area contributed by atoms with Gasteiger partial charge in [0.2, 0.25) is 0 Å². The Morgan fingerprint density at radius 3 is 2.35 bits per heavy atom. The van der Waals surface area contributed by atoms with E-state index < -0.39 is 24.4 Å². The van der Waals surface area contributed by atoms with E-state index in [1.54, 1.807) is 29.8 Å². The quantitative estimate of drug-likeness (QED) is 0.124. The van der Waals surface area contributed by atoms with Crippen molar-refractivity contribution in [1.82, 2.24) is 24.7 Å². The standard InChI is InChI=1S/C13H12N6O3S.Ag.6FH.Sb/c1-9-15-8-11(19(20)21)18(9)6-7-23-13-17-16-12(22-13)10-4-2-3-5-14-10;;;;;;;;/h2-5,8H,6-7H2,1H3;;6*1H;/q;+1;;;;;;;+5/p-6. The van der Waals surface area contributed by atoms with Crippen LogP contribution in [0.1, 0.15) is 5.82 Å². The van der Waals surface area contributed by atoms with Gasteiger partial charge in [-0.3, -0.25) is 4.98 Å². The van der Waals surface area contributed by atoms with Gasteiger partial charge in [-0.2, -0.15) is 0 Å². The number of pyridine rings is 1. The number of thioether (sulfide) groups is 1. The zero-order valence-corrected chi connectivity index (χ0v) is 20.0. The van der Waals surface area contributed by atoms with E-state index in [2.05, 4.69) is 20.2 Å². The third kappa shape index (κ3) is 11.0. The molecule has 0 saturated carbocycles. The molecule has 0 atom stereocenters. The Balaban J connectivity index is 0.000000523. The molecular formula is C13H12AgF6N6O3SSb. The van der Waals surface area contributed by atoms with Gasteiger partial charge in [0.05, 0.1) is 0 Å². The minimum absolute atomic E-state index is 0. The van der Waals surface area contributed by atoms with E-state index >= 15 is 0 Å². The molecule has 0 aliphatic carbocycles. The second-order valence-electron chi connectivity index (χ2n) is 5.47. The molecule has 0 aromatic carbocycles. The fraction of sp³-hybridized carbons (Fsp3) is 0.231. The summed E-state index contributed by atoms with van der Waals surface area (Å²) in [6.45, 7) is 2.15. The molecule has 31 heavy (non-hydrogen) atoms. The van der Waals surface area contributed by atoms with E-state index in [9.17, 15) is 27.0 Å². The molecule has 9 nitrogen and oxygen atoms in total. The number of imidazole rings is 1. The van der Waals surface area contributed by atoms with Gasteiger partial charge in [0.25, 0.3) is 11.1 Å². The molecule has 3 aromatic rings. The Hall–Kier alpha value is -1.61. The maximum absolute atomic E-state index is 11.2. The van der Waals surface area contributed by atoms with Gasteiger partial charge in [0.15, 0.2) is 5.82 Å². The Kier molecular flexibility index (Phi) is 8.39. The van der Waals surface area contributed by atoms with Gasteiger partial charge in [0, 0.05) is 18.9 Å². The van der Waals surface area contributed by atoms with E-state index in [-0.39, 0.29) is 28.2 Å². The zero-order chi connectivity index (χ0) is 22.6. The number of hydrogen-bond donors (Lipinski definition) is 0. The van der Waals surface area contributed by atoms with E-state index in [1.807, 2.05) is 6.07 Å². The second kappa shape index (κ2) is 9.48. The first-order valence-corrected chi connectivity index (χ1v) is 14.5. The molecule has 3 heterocycles. The molecule has 3 aromatic heterocycles. The molecule has 0 aliphatic rings. The summed E-state index contributed by atoms with van der Waals surface area (Å²) in [5.74, 6) is 1.46. The van der Waals surface area contributed by atoms with Gasteiger partial charge >= 0.3 is 64.6 Å². The van der Waals surface area contributed by atoms with Crippen LogP contribution in [-0.2, 0) is 28.9 Å². The van der Waals surface area contributed by atoms with Crippen molar-refractivity contribution < 1.29 is 48.6 Å². The van der Waals surface area contributed by atoms with Gasteiger partial charge in [-0.15, -0.1) is 10.2 Å². The van der Waals surface area contributed by atoms with Crippen LogP contribution >= 0.6 is 11.8 Å². The van der Waals surface area contributed by atoms with Crippen LogP contribution in [0.2, 0.25) is 0 Å². The van der Waals surface area contributed by atoms with Crippen LogP contribution in [0.15, 0.2) is 40.2 Å². The summed E-state index contributed by atoms with van der Waals surface area (Å²) in [5, 5.41) is 19.2. The third-order valence-corrected chi connectivity index (χ3v) is 3.85. The SMILES string of the molecule is Cc1ncc([N+](=O)[O-])n1CCSc1nnc(-c2ccccn2)o1.[Ag+].[F][Sb-]([F])([F])([F])([F])[F]. The van der Waals surface area contributed by atoms with E-state index in [0.29, 0.717) is 34.9 Å². The van der Waals surface area contributed by atoms with Crippen molar-refractivity contribution in [3.63, 3.8) is 0 Å². The normalized spacial score (nSPS) is 13.3. The minimum atomic E-state index is -11.2. The van der Waals surface area contributed by atoms with Crippen molar-refractivity contribution in [1.29, 1.82) is 0 Å². The average molecular weight is 676 g/mol. The molecule has 0 aliphatic heterocycles. The first kappa shape index (κ1) is 27.4. The second-order valence-corrected chi connectivity index (χ2v) is 12.0. The molecule has 0 radical (unpaired) electrons. The van der Waals surface area contributed by atoms with Gasteiger partial charge in [-0.1, -0.05) is 17.8 Å². The van der Waals surface area contributed by atoms with Crippen LogP contribution < -0.4 is 0 Å². The predicted molar refractivity (Wildman–Crippen MR) is 94.3 cm³/mol. The number of nitrogens with zero attached hydrogens (tertiary/aromatic N) is 6. The van der Waals surface area contributed by atoms with Gasteiger partial charge in [-0.25, -0.2) is 9.55 Å². The molecule has 0 saturated heterocycles. The van der Waals surface area contributed by atoms with Crippen LogP contribution in [0.4, 0.5) is 22.7 Å². The summed E-state index contributed by atoms with van der Waals surface area (Å²) in [4.78, 5) is 18.6. The summed E-state index contributed by atoms with van der Waals surface area (Å²) in [5.41, 5.74) is 0.605. The van der Waals surface area contributed by atoms with Gasteiger partial charge in [0.1, 0.15) is 18.4 Å². The van der Waals surface area contributed by atoms with E-state index in [4.69, 9.17) is 4.42 Å². The molecule has 0 unspecified atom stereocenters. The summed E-state index contributed by atoms with van der Waals surface area (Å²) in [6.07, 6.45) is 2.90. The van der Waals surface area contributed by atoms with E-state index in [1.165, 1.54) is 18.0 Å². The summed E-state index contributed by atoms with van der Waals surface area (Å²) in [7, 11) is 0. The predicted octanol–water partition coefficient (Wildman–Crippen LogP) is 4.47. The molecule has 0 bridgehead atoms. The molecule has 0 N–H and O–H groups in total. The van der Waals surface area contributed by atoms with Gasteiger partial charge in [-0.05, 0) is 17.1 Å². The molecular weight excluding hydrogens is 664 g/mol. The summed E-state index contributed by atoms with van der Waals surface area (Å²) >= 11 is -9.93. The first-order valence-electron chi connectivity index (χ1n) is 7.71. The number of rotatable bonds is 6. The number of hydrogen-bond acceptors (Lipinski definition) is 8. The van der Waals surface area contributed by atoms with Crippen LogP contribution in [0.25, 0.3) is 11.6 Å². The maximum atomic E-state index is 10.9. The molecule has 176 valence electrons. The Morgan fingerprint density at radius 1 is 1.16 bits per heavy atom. The molecule has 0 amide bonds. The molecule has 0 fully saturated rings. The van der Waals surface area contributed by atoms with Crippen LogP contribution in [0.3, 0.4) is 0 Å². The number of halogens is 6. The molecule has 0 spiro atoms. The molecule has 18 heteroatoms. The summed E-state index contributed by atoms with van der Waals surface area (Å²) in [6, 6.07) is 5.41. The topological polar surface area (TPSA) is 113 Å². The van der Waals surface area contributed by atoms with E-state index in [0.717, 1.165) is 0 Å². The Labute approximate surface area is 192 Å². The van der Waals surface area contributed by atoms with Crippen molar-refractivity contribution in [2.24, 2.45) is 0 Å². The Bertz CT molecular complexity index is 1020. The fourth-order valence-electron chi connectivity index (χ4n) is 1.96. The molecule has 3 rings (SSSR count). The fourth-order valence-corrected chi connectivity index (χ4v) is 2.65. The van der Waals surface area contributed by atoms with Crippen molar-refractivity contribution in [3.8, 4) is 11.6 Å². The first-order chi connectivity index (χ1) is 13.6. The van der Waals surface area contributed by atoms with Crippen molar-refractivity contribution in [2.45, 2.75) is 18.7 Å². The zero-order valence-electron chi connectivity index (χ0n) is 15.1. The average Bonchev–Trinajstić information content (AvgIpc) is 3.20. The van der Waals surface area contributed by atoms with Crippen LogP contribution in [0, 0.1) is 17.0 Å². The van der Waals surface area contributed by atoms with Crippen molar-refractivity contribution in [3.05, 3.63) is 46.5 Å². The number of aromatic nitrogens is 5. The Morgan fingerprint density at radius 2 is 1.81 bits per heavy atom. The van der Waals surface area contributed by atoms with Crippen molar-refractivity contribution in [2.75, 3.05) is 5.75 Å². The third-order valence-electron chi connectivity index (χ3n) is 3.05. The number of nitro groups is 1. The van der Waals surface area contributed by atoms with Gasteiger partial charge < -0.3 is 14.5 Å². The van der Waals surface area contributed by atoms with Crippen LogP contribution in [0.5, 0.6) is 0 Å². The summed E-state index contributed by atoms with van der Waals surface area (Å²) < 4.78 is 66.6. The monoisotopic (exact) mass is 674 g/mol. The number of aryl methyl sites for hydroxylation is 1.